The number of rotatable bonds is 6. The van der Waals surface area contributed by atoms with E-state index in [1.54, 1.807) is 6.07 Å². The fraction of sp³-hybridized carbons (Fsp3) is 0.625. The average Bonchev–Trinajstić information content (AvgIpc) is 2.43. The third kappa shape index (κ3) is 4.92. The van der Waals surface area contributed by atoms with Gasteiger partial charge in [-0.3, -0.25) is 0 Å². The standard InChI is InChI=1S/C16H25FN2/c1-14(13-15-7-3-4-8-16(15)17)18-9-12-19-10-5-2-6-11-19/h3-4,7-8,14,18H,2,5-6,9-13H2,1H3/t14-/m0/s1. The van der Waals surface area contributed by atoms with Crippen molar-refractivity contribution in [2.45, 2.75) is 38.6 Å². The van der Waals surface area contributed by atoms with Crippen molar-refractivity contribution < 1.29 is 4.39 Å². The monoisotopic (exact) mass is 264 g/mol. The molecule has 2 nitrogen and oxygen atoms in total. The van der Waals surface area contributed by atoms with Gasteiger partial charge in [0.2, 0.25) is 0 Å². The highest BCUT2D eigenvalue weighted by molar-refractivity contribution is 5.18. The summed E-state index contributed by atoms with van der Waals surface area (Å²) in [6.07, 6.45) is 4.82. The van der Waals surface area contributed by atoms with E-state index >= 15 is 0 Å². The van der Waals surface area contributed by atoms with E-state index in [1.807, 2.05) is 12.1 Å². The van der Waals surface area contributed by atoms with E-state index in [-0.39, 0.29) is 5.82 Å². The summed E-state index contributed by atoms with van der Waals surface area (Å²) < 4.78 is 13.5. The van der Waals surface area contributed by atoms with Crippen LogP contribution in [0.15, 0.2) is 24.3 Å². The number of piperidine rings is 1. The lowest BCUT2D eigenvalue weighted by Crippen LogP contribution is -2.39. The van der Waals surface area contributed by atoms with Crippen LogP contribution in [0.1, 0.15) is 31.7 Å². The van der Waals surface area contributed by atoms with E-state index in [4.69, 9.17) is 0 Å². The summed E-state index contributed by atoms with van der Waals surface area (Å²) in [5.74, 6) is -0.0906. The van der Waals surface area contributed by atoms with Gasteiger partial charge < -0.3 is 10.2 Å². The van der Waals surface area contributed by atoms with Gasteiger partial charge in [0, 0.05) is 19.1 Å². The van der Waals surface area contributed by atoms with Crippen LogP contribution < -0.4 is 5.32 Å². The molecule has 1 N–H and O–H groups in total. The van der Waals surface area contributed by atoms with Crippen LogP contribution in [-0.2, 0) is 6.42 Å². The van der Waals surface area contributed by atoms with Crippen molar-refractivity contribution in [1.29, 1.82) is 0 Å². The Kier molecular flexibility index (Phi) is 5.80. The van der Waals surface area contributed by atoms with E-state index in [2.05, 4.69) is 17.1 Å². The molecule has 1 fully saturated rings. The van der Waals surface area contributed by atoms with Crippen LogP contribution in [0, 0.1) is 5.82 Å². The Morgan fingerprint density at radius 3 is 2.68 bits per heavy atom. The second-order valence-corrected chi connectivity index (χ2v) is 5.55. The Hall–Kier alpha value is -0.930. The van der Waals surface area contributed by atoms with Crippen LogP contribution >= 0.6 is 0 Å². The zero-order valence-corrected chi connectivity index (χ0v) is 11.9. The first-order valence-corrected chi connectivity index (χ1v) is 7.45. The predicted molar refractivity (Wildman–Crippen MR) is 77.9 cm³/mol. The van der Waals surface area contributed by atoms with Crippen molar-refractivity contribution >= 4 is 0 Å². The fourth-order valence-corrected chi connectivity index (χ4v) is 2.72. The summed E-state index contributed by atoms with van der Waals surface area (Å²) in [6.45, 7) is 6.71. The second-order valence-electron chi connectivity index (χ2n) is 5.55. The summed E-state index contributed by atoms with van der Waals surface area (Å²) in [4.78, 5) is 2.52. The Balaban J connectivity index is 1.67. The van der Waals surface area contributed by atoms with Gasteiger partial charge in [-0.1, -0.05) is 24.6 Å². The smallest absolute Gasteiger partial charge is 0.126 e. The molecule has 1 aromatic carbocycles. The van der Waals surface area contributed by atoms with Crippen molar-refractivity contribution in [2.75, 3.05) is 26.2 Å². The molecule has 2 rings (SSSR count). The van der Waals surface area contributed by atoms with Crippen LogP contribution in [0.25, 0.3) is 0 Å². The second kappa shape index (κ2) is 7.61. The lowest BCUT2D eigenvalue weighted by molar-refractivity contribution is 0.226. The first-order chi connectivity index (χ1) is 9.25. The molecule has 3 heteroatoms. The van der Waals surface area contributed by atoms with Crippen molar-refractivity contribution in [3.05, 3.63) is 35.6 Å². The highest BCUT2D eigenvalue weighted by Crippen LogP contribution is 2.09. The number of halogens is 1. The van der Waals surface area contributed by atoms with Crippen molar-refractivity contribution in [1.82, 2.24) is 10.2 Å². The fourth-order valence-electron chi connectivity index (χ4n) is 2.72. The minimum Gasteiger partial charge on any atom is -0.313 e. The third-order valence-corrected chi connectivity index (χ3v) is 3.85. The Morgan fingerprint density at radius 1 is 1.21 bits per heavy atom. The van der Waals surface area contributed by atoms with Crippen LogP contribution in [0.3, 0.4) is 0 Å². The predicted octanol–water partition coefficient (Wildman–Crippen LogP) is 2.83. The van der Waals surface area contributed by atoms with Crippen LogP contribution in [0.2, 0.25) is 0 Å². The van der Waals surface area contributed by atoms with Crippen molar-refractivity contribution in [2.24, 2.45) is 0 Å². The van der Waals surface area contributed by atoms with Gasteiger partial charge >= 0.3 is 0 Å². The summed E-state index contributed by atoms with van der Waals surface area (Å²) in [5.41, 5.74) is 0.806. The van der Waals surface area contributed by atoms with Crippen molar-refractivity contribution in [3.63, 3.8) is 0 Å². The molecule has 0 spiro atoms. The van der Waals surface area contributed by atoms with Gasteiger partial charge in [0.25, 0.3) is 0 Å². The van der Waals surface area contributed by atoms with Crippen LogP contribution in [-0.4, -0.2) is 37.1 Å². The zero-order chi connectivity index (χ0) is 13.5. The molecule has 1 aromatic rings. The quantitative estimate of drug-likeness (QED) is 0.850. The molecule has 1 heterocycles. The molecular formula is C16H25FN2. The largest absolute Gasteiger partial charge is 0.313 e. The topological polar surface area (TPSA) is 15.3 Å². The summed E-state index contributed by atoms with van der Waals surface area (Å²) in [5, 5.41) is 3.50. The number of nitrogens with one attached hydrogen (secondary N) is 1. The molecule has 0 bridgehead atoms. The number of hydrogen-bond acceptors (Lipinski definition) is 2. The van der Waals surface area contributed by atoms with E-state index in [0.717, 1.165) is 25.1 Å². The molecule has 1 saturated heterocycles. The molecule has 1 atom stereocenters. The van der Waals surface area contributed by atoms with Gasteiger partial charge in [0.05, 0.1) is 0 Å². The van der Waals surface area contributed by atoms with Gasteiger partial charge in [-0.05, 0) is 50.9 Å². The maximum Gasteiger partial charge on any atom is 0.126 e. The van der Waals surface area contributed by atoms with Crippen molar-refractivity contribution in [3.8, 4) is 0 Å². The average molecular weight is 264 g/mol. The zero-order valence-electron chi connectivity index (χ0n) is 11.9. The molecule has 0 aliphatic carbocycles. The molecule has 106 valence electrons. The van der Waals surface area contributed by atoms with E-state index in [1.165, 1.54) is 38.4 Å². The maximum absolute atomic E-state index is 13.5. The molecule has 0 radical (unpaired) electrons. The number of nitrogens with zero attached hydrogens (tertiary/aromatic N) is 1. The van der Waals surface area contributed by atoms with Gasteiger partial charge in [0.1, 0.15) is 5.82 Å². The Morgan fingerprint density at radius 2 is 1.95 bits per heavy atom. The van der Waals surface area contributed by atoms with E-state index in [9.17, 15) is 4.39 Å². The summed E-state index contributed by atoms with van der Waals surface area (Å²) in [7, 11) is 0. The summed E-state index contributed by atoms with van der Waals surface area (Å²) in [6, 6.07) is 7.38. The number of benzene rings is 1. The van der Waals surface area contributed by atoms with Gasteiger partial charge in [0.15, 0.2) is 0 Å². The summed E-state index contributed by atoms with van der Waals surface area (Å²) >= 11 is 0. The Bertz CT molecular complexity index is 375. The van der Waals surface area contributed by atoms with Crippen LogP contribution in [0.5, 0.6) is 0 Å². The number of hydrogen-bond donors (Lipinski definition) is 1. The lowest BCUT2D eigenvalue weighted by atomic mass is 10.1. The molecule has 0 amide bonds. The van der Waals surface area contributed by atoms with E-state index < -0.39 is 0 Å². The molecular weight excluding hydrogens is 239 g/mol. The minimum atomic E-state index is -0.0906. The molecule has 1 aliphatic heterocycles. The third-order valence-electron chi connectivity index (χ3n) is 3.85. The molecule has 0 saturated carbocycles. The lowest BCUT2D eigenvalue weighted by Gasteiger charge is -2.27. The Labute approximate surface area is 116 Å². The normalized spacial score (nSPS) is 18.4. The SMILES string of the molecule is C[C@@H](Cc1ccccc1F)NCCN1CCCCC1. The highest BCUT2D eigenvalue weighted by Gasteiger charge is 2.10. The van der Waals surface area contributed by atoms with E-state index in [0.29, 0.717) is 6.04 Å². The molecule has 0 unspecified atom stereocenters. The van der Waals surface area contributed by atoms with Gasteiger partial charge in [-0.15, -0.1) is 0 Å². The van der Waals surface area contributed by atoms with Gasteiger partial charge in [-0.2, -0.15) is 0 Å². The first-order valence-electron chi connectivity index (χ1n) is 7.45. The minimum absolute atomic E-state index is 0.0906. The van der Waals surface area contributed by atoms with Crippen LogP contribution in [0.4, 0.5) is 4.39 Å². The molecule has 19 heavy (non-hydrogen) atoms. The molecule has 1 aliphatic rings. The number of likely N-dealkylation sites (tertiary alicyclic amines) is 1. The highest BCUT2D eigenvalue weighted by atomic mass is 19.1. The molecule has 0 aromatic heterocycles. The van der Waals surface area contributed by atoms with Gasteiger partial charge in [-0.25, -0.2) is 4.39 Å². The first kappa shape index (κ1) is 14.5. The maximum atomic E-state index is 13.5.